The van der Waals surface area contributed by atoms with E-state index in [-0.39, 0.29) is 6.04 Å². The van der Waals surface area contributed by atoms with E-state index in [1.807, 2.05) is 52.0 Å². The second kappa shape index (κ2) is 11.6. The van der Waals surface area contributed by atoms with Gasteiger partial charge in [0.15, 0.2) is 11.5 Å². The van der Waals surface area contributed by atoms with Gasteiger partial charge in [0.2, 0.25) is 0 Å². The fourth-order valence-electron chi connectivity index (χ4n) is 2.45. The number of aryl methyl sites for hydroxylation is 1. The number of rotatable bonds is 9. The lowest BCUT2D eigenvalue weighted by molar-refractivity contribution is -0.139. The van der Waals surface area contributed by atoms with Crippen molar-refractivity contribution in [3.8, 4) is 11.5 Å². The van der Waals surface area contributed by atoms with E-state index < -0.39 is 11.8 Å². The number of nitrogens with zero attached hydrogens (tertiary/aromatic N) is 1. The first kappa shape index (κ1) is 22.9. The van der Waals surface area contributed by atoms with Crippen LogP contribution in [0.2, 0.25) is 0 Å². The quantitative estimate of drug-likeness (QED) is 0.376. The fourth-order valence-corrected chi connectivity index (χ4v) is 2.45. The number of hydrazone groups is 1. The highest BCUT2D eigenvalue weighted by atomic mass is 16.5. The first-order valence-electron chi connectivity index (χ1n) is 10.0. The van der Waals surface area contributed by atoms with Crippen LogP contribution in [-0.2, 0) is 16.2 Å². The Morgan fingerprint density at radius 1 is 1.03 bits per heavy atom. The molecule has 2 aromatic carbocycles. The molecule has 0 heterocycles. The lowest BCUT2D eigenvalue weighted by Gasteiger charge is -2.13. The van der Waals surface area contributed by atoms with Gasteiger partial charge in [-0.25, -0.2) is 5.43 Å². The molecule has 2 N–H and O–H groups in total. The van der Waals surface area contributed by atoms with Gasteiger partial charge in [-0.1, -0.05) is 36.8 Å². The average Bonchev–Trinajstić information content (AvgIpc) is 2.74. The molecule has 0 saturated heterocycles. The number of carbonyl (C=O) groups excluding carboxylic acids is 2. The largest absolute Gasteiger partial charge is 0.490 e. The number of benzene rings is 2. The predicted octanol–water partition coefficient (Wildman–Crippen LogP) is 3.34. The van der Waals surface area contributed by atoms with Crippen molar-refractivity contribution in [2.24, 2.45) is 5.10 Å². The Morgan fingerprint density at radius 3 is 2.43 bits per heavy atom. The first-order valence-corrected chi connectivity index (χ1v) is 10.0. The second-order valence-electron chi connectivity index (χ2n) is 6.90. The Balaban J connectivity index is 1.99. The van der Waals surface area contributed by atoms with Crippen LogP contribution in [0.25, 0.3) is 0 Å². The Bertz CT molecular complexity index is 879. The predicted molar refractivity (Wildman–Crippen MR) is 117 cm³/mol. The van der Waals surface area contributed by atoms with Crippen molar-refractivity contribution < 1.29 is 19.1 Å². The van der Waals surface area contributed by atoms with E-state index in [4.69, 9.17) is 9.47 Å². The van der Waals surface area contributed by atoms with Crippen LogP contribution in [0.3, 0.4) is 0 Å². The van der Waals surface area contributed by atoms with Gasteiger partial charge in [0.25, 0.3) is 0 Å². The van der Waals surface area contributed by atoms with Gasteiger partial charge in [0, 0.05) is 6.04 Å². The molecule has 0 saturated carbocycles. The molecule has 0 aromatic heterocycles. The molecule has 0 bridgehead atoms. The second-order valence-corrected chi connectivity index (χ2v) is 6.90. The molecule has 1 atom stereocenters. The SMILES string of the molecule is CCOc1cc(/C=N\NC(=O)C(=O)N[C@@H](C)CC)ccc1OCc1ccc(C)cc1. The fraction of sp³-hybridized carbons (Fsp3) is 0.348. The number of ether oxygens (including phenoxy) is 2. The summed E-state index contributed by atoms with van der Waals surface area (Å²) in [5, 5.41) is 6.43. The summed E-state index contributed by atoms with van der Waals surface area (Å²) in [4.78, 5) is 23.5. The molecule has 2 aromatic rings. The molecule has 30 heavy (non-hydrogen) atoms. The zero-order valence-corrected chi connectivity index (χ0v) is 17.9. The third kappa shape index (κ3) is 7.24. The molecule has 160 valence electrons. The van der Waals surface area contributed by atoms with E-state index in [9.17, 15) is 9.59 Å². The zero-order chi connectivity index (χ0) is 21.9. The van der Waals surface area contributed by atoms with Gasteiger partial charge in [-0.3, -0.25) is 9.59 Å². The topological polar surface area (TPSA) is 89.0 Å². The van der Waals surface area contributed by atoms with Crippen LogP contribution < -0.4 is 20.2 Å². The number of hydrogen-bond acceptors (Lipinski definition) is 5. The smallest absolute Gasteiger partial charge is 0.329 e. The van der Waals surface area contributed by atoms with Crippen molar-refractivity contribution in [1.82, 2.24) is 10.7 Å². The molecule has 0 aliphatic heterocycles. The van der Waals surface area contributed by atoms with Gasteiger partial charge in [-0.15, -0.1) is 0 Å². The number of hydrogen-bond donors (Lipinski definition) is 2. The van der Waals surface area contributed by atoms with Crippen molar-refractivity contribution in [2.45, 2.75) is 46.8 Å². The molecule has 7 nitrogen and oxygen atoms in total. The number of amides is 2. The molecule has 0 aliphatic rings. The van der Waals surface area contributed by atoms with Crippen LogP contribution in [-0.4, -0.2) is 30.7 Å². The van der Waals surface area contributed by atoms with E-state index >= 15 is 0 Å². The molecule has 0 radical (unpaired) electrons. The maximum Gasteiger partial charge on any atom is 0.329 e. The van der Waals surface area contributed by atoms with Gasteiger partial charge >= 0.3 is 11.8 Å². The Labute approximate surface area is 177 Å². The van der Waals surface area contributed by atoms with Crippen molar-refractivity contribution >= 4 is 18.0 Å². The minimum atomic E-state index is -0.811. The highest BCUT2D eigenvalue weighted by molar-refractivity contribution is 6.35. The molecule has 0 unspecified atom stereocenters. The summed E-state index contributed by atoms with van der Waals surface area (Å²) in [6, 6.07) is 13.4. The molecule has 7 heteroatoms. The van der Waals surface area contributed by atoms with Gasteiger partial charge in [0.05, 0.1) is 12.8 Å². The normalized spacial score (nSPS) is 11.7. The van der Waals surface area contributed by atoms with Crippen molar-refractivity contribution in [2.75, 3.05) is 6.61 Å². The van der Waals surface area contributed by atoms with Gasteiger partial charge in [0.1, 0.15) is 6.61 Å². The van der Waals surface area contributed by atoms with Crippen LogP contribution >= 0.6 is 0 Å². The van der Waals surface area contributed by atoms with Gasteiger partial charge < -0.3 is 14.8 Å². The highest BCUT2D eigenvalue weighted by Crippen LogP contribution is 2.29. The molecule has 0 fully saturated rings. The third-order valence-corrected chi connectivity index (χ3v) is 4.36. The van der Waals surface area contributed by atoms with E-state index in [1.165, 1.54) is 11.8 Å². The maximum absolute atomic E-state index is 11.8. The minimum Gasteiger partial charge on any atom is -0.490 e. The summed E-state index contributed by atoms with van der Waals surface area (Å²) in [5.74, 6) is -0.327. The average molecular weight is 412 g/mol. The first-order chi connectivity index (χ1) is 14.4. The summed E-state index contributed by atoms with van der Waals surface area (Å²) < 4.78 is 11.6. The number of carbonyl (C=O) groups is 2. The van der Waals surface area contributed by atoms with E-state index in [2.05, 4.69) is 15.8 Å². The summed E-state index contributed by atoms with van der Waals surface area (Å²) in [6.07, 6.45) is 2.18. The van der Waals surface area contributed by atoms with Crippen molar-refractivity contribution in [3.63, 3.8) is 0 Å². The van der Waals surface area contributed by atoms with Crippen LogP contribution in [0.4, 0.5) is 0 Å². The van der Waals surface area contributed by atoms with E-state index in [0.717, 1.165) is 12.0 Å². The Kier molecular flexibility index (Phi) is 8.87. The number of nitrogens with one attached hydrogen (secondary N) is 2. The molecular formula is C23H29N3O4. The molecule has 0 spiro atoms. The van der Waals surface area contributed by atoms with Crippen molar-refractivity contribution in [1.29, 1.82) is 0 Å². The van der Waals surface area contributed by atoms with E-state index in [0.29, 0.717) is 30.3 Å². The Hall–Kier alpha value is -3.35. The summed E-state index contributed by atoms with van der Waals surface area (Å²) >= 11 is 0. The van der Waals surface area contributed by atoms with E-state index in [1.54, 1.807) is 18.2 Å². The zero-order valence-electron chi connectivity index (χ0n) is 17.9. The summed E-state index contributed by atoms with van der Waals surface area (Å²) in [7, 11) is 0. The van der Waals surface area contributed by atoms with Crippen LogP contribution in [0, 0.1) is 6.92 Å². The lowest BCUT2D eigenvalue weighted by atomic mass is 10.2. The van der Waals surface area contributed by atoms with Crippen LogP contribution in [0.5, 0.6) is 11.5 Å². The Morgan fingerprint density at radius 2 is 1.77 bits per heavy atom. The molecular weight excluding hydrogens is 382 g/mol. The van der Waals surface area contributed by atoms with Gasteiger partial charge in [-0.2, -0.15) is 5.10 Å². The summed E-state index contributed by atoms with van der Waals surface area (Å²) in [5.41, 5.74) is 5.18. The standard InChI is InChI=1S/C23H29N3O4/c1-5-17(4)25-22(27)23(28)26-24-14-19-11-12-20(21(13-19)29-6-2)30-15-18-9-7-16(3)8-10-18/h7-14,17H,5-6,15H2,1-4H3,(H,25,27)(H,26,28)/b24-14-/t17-/m0/s1. The molecule has 0 aliphatic carbocycles. The monoisotopic (exact) mass is 411 g/mol. The van der Waals surface area contributed by atoms with Crippen LogP contribution in [0.1, 0.15) is 43.9 Å². The van der Waals surface area contributed by atoms with Crippen LogP contribution in [0.15, 0.2) is 47.6 Å². The summed E-state index contributed by atoms with van der Waals surface area (Å²) in [6.45, 7) is 8.58. The minimum absolute atomic E-state index is 0.0755. The highest BCUT2D eigenvalue weighted by Gasteiger charge is 2.14. The molecule has 2 amide bonds. The van der Waals surface area contributed by atoms with Gasteiger partial charge in [-0.05, 0) is 56.5 Å². The maximum atomic E-state index is 11.8. The third-order valence-electron chi connectivity index (χ3n) is 4.36. The lowest BCUT2D eigenvalue weighted by Crippen LogP contribution is -2.41. The van der Waals surface area contributed by atoms with Crippen molar-refractivity contribution in [3.05, 3.63) is 59.2 Å². The molecule has 2 rings (SSSR count).